The topological polar surface area (TPSA) is 41.9 Å². The Bertz CT molecular complexity index is 684. The number of hydrogen-bond donors (Lipinski definition) is 1. The Morgan fingerprint density at radius 1 is 1.00 bits per heavy atom. The second kappa shape index (κ2) is 4.97. The van der Waals surface area contributed by atoms with Crippen LogP contribution < -0.4 is 9.47 Å². The van der Waals surface area contributed by atoms with E-state index in [1.54, 1.807) is 6.07 Å². The van der Waals surface area contributed by atoms with Crippen LogP contribution in [0.4, 0.5) is 0 Å². The van der Waals surface area contributed by atoms with E-state index in [1.807, 2.05) is 18.2 Å². The highest BCUT2D eigenvalue weighted by molar-refractivity contribution is 5.44. The number of nitrogens with zero attached hydrogens (tertiary/aromatic N) is 1. The molecule has 2 aliphatic rings. The predicted molar refractivity (Wildman–Crippen MR) is 78.5 cm³/mol. The van der Waals surface area contributed by atoms with Crippen LogP contribution in [0.25, 0.3) is 0 Å². The summed E-state index contributed by atoms with van der Waals surface area (Å²) in [7, 11) is 0. The minimum Gasteiger partial charge on any atom is -0.508 e. The van der Waals surface area contributed by atoms with Crippen LogP contribution in [0.2, 0.25) is 0 Å². The first-order valence-corrected chi connectivity index (χ1v) is 7.19. The summed E-state index contributed by atoms with van der Waals surface area (Å²) < 4.78 is 10.8. The Morgan fingerprint density at radius 2 is 1.90 bits per heavy atom. The van der Waals surface area contributed by atoms with Crippen LogP contribution in [0.3, 0.4) is 0 Å². The van der Waals surface area contributed by atoms with Crippen LogP contribution in [0, 0.1) is 0 Å². The Hall–Kier alpha value is -2.20. The minimum absolute atomic E-state index is 0.319. The van der Waals surface area contributed by atoms with Gasteiger partial charge in [-0.15, -0.1) is 0 Å². The fourth-order valence-electron chi connectivity index (χ4n) is 3.03. The van der Waals surface area contributed by atoms with Gasteiger partial charge in [0.15, 0.2) is 11.5 Å². The Labute approximate surface area is 123 Å². The molecule has 0 saturated carbocycles. The summed E-state index contributed by atoms with van der Waals surface area (Å²) in [5.41, 5.74) is 3.80. The molecule has 4 nitrogen and oxygen atoms in total. The van der Waals surface area contributed by atoms with E-state index < -0.39 is 0 Å². The fourth-order valence-corrected chi connectivity index (χ4v) is 3.03. The maximum Gasteiger partial charge on any atom is 0.231 e. The first-order chi connectivity index (χ1) is 10.3. The monoisotopic (exact) mass is 283 g/mol. The second-order valence-electron chi connectivity index (χ2n) is 5.60. The van der Waals surface area contributed by atoms with E-state index >= 15 is 0 Å². The smallest absolute Gasteiger partial charge is 0.231 e. The summed E-state index contributed by atoms with van der Waals surface area (Å²) in [5.74, 6) is 2.03. The van der Waals surface area contributed by atoms with Crippen LogP contribution >= 0.6 is 0 Å². The zero-order chi connectivity index (χ0) is 14.2. The zero-order valence-electron chi connectivity index (χ0n) is 11.7. The second-order valence-corrected chi connectivity index (χ2v) is 5.60. The standard InChI is InChI=1S/C17H17NO3/c19-15-3-2-14-10-18(6-5-13(14)8-15)9-12-1-4-16-17(7-12)21-11-20-16/h1-4,7-8,19H,5-6,9-11H2. The van der Waals surface area contributed by atoms with E-state index in [0.717, 1.165) is 37.6 Å². The summed E-state index contributed by atoms with van der Waals surface area (Å²) in [6.07, 6.45) is 0.980. The molecule has 0 amide bonds. The summed E-state index contributed by atoms with van der Waals surface area (Å²) in [6.45, 7) is 3.14. The molecule has 0 radical (unpaired) electrons. The van der Waals surface area contributed by atoms with Crippen molar-refractivity contribution in [1.82, 2.24) is 4.90 Å². The van der Waals surface area contributed by atoms with E-state index in [2.05, 4.69) is 17.0 Å². The molecule has 2 aromatic carbocycles. The highest BCUT2D eigenvalue weighted by Crippen LogP contribution is 2.33. The first-order valence-electron chi connectivity index (χ1n) is 7.19. The third kappa shape index (κ3) is 2.43. The van der Waals surface area contributed by atoms with Crippen LogP contribution in [-0.2, 0) is 19.5 Å². The van der Waals surface area contributed by atoms with E-state index in [-0.39, 0.29) is 0 Å². The molecule has 21 heavy (non-hydrogen) atoms. The van der Waals surface area contributed by atoms with Crippen LogP contribution in [0.1, 0.15) is 16.7 Å². The van der Waals surface area contributed by atoms with Crippen LogP contribution in [0.5, 0.6) is 17.2 Å². The number of ether oxygens (including phenoxy) is 2. The van der Waals surface area contributed by atoms with Gasteiger partial charge in [0.1, 0.15) is 5.75 Å². The third-order valence-electron chi connectivity index (χ3n) is 4.12. The van der Waals surface area contributed by atoms with Gasteiger partial charge in [0.05, 0.1) is 0 Å². The minimum atomic E-state index is 0.319. The predicted octanol–water partition coefficient (Wildman–Crippen LogP) is 2.68. The highest BCUT2D eigenvalue weighted by Gasteiger charge is 2.18. The Balaban J connectivity index is 1.50. The van der Waals surface area contributed by atoms with Crippen molar-refractivity contribution in [2.75, 3.05) is 13.3 Å². The molecule has 0 aromatic heterocycles. The number of benzene rings is 2. The summed E-state index contributed by atoms with van der Waals surface area (Å²) in [4.78, 5) is 2.41. The van der Waals surface area contributed by atoms with Crippen molar-refractivity contribution in [2.45, 2.75) is 19.5 Å². The zero-order valence-corrected chi connectivity index (χ0v) is 11.7. The van der Waals surface area contributed by atoms with Crippen LogP contribution in [-0.4, -0.2) is 23.3 Å². The molecule has 4 heteroatoms. The van der Waals surface area contributed by atoms with Gasteiger partial charge in [0.25, 0.3) is 0 Å². The van der Waals surface area contributed by atoms with Crippen molar-refractivity contribution in [2.24, 2.45) is 0 Å². The van der Waals surface area contributed by atoms with E-state index in [1.165, 1.54) is 16.7 Å². The normalized spacial score (nSPS) is 16.8. The summed E-state index contributed by atoms with van der Waals surface area (Å²) in [5, 5.41) is 9.54. The Morgan fingerprint density at radius 3 is 2.86 bits per heavy atom. The van der Waals surface area contributed by atoms with E-state index in [0.29, 0.717) is 12.5 Å². The van der Waals surface area contributed by atoms with Gasteiger partial charge in [0, 0.05) is 19.6 Å². The van der Waals surface area contributed by atoms with Crippen molar-refractivity contribution < 1.29 is 14.6 Å². The lowest BCUT2D eigenvalue weighted by Gasteiger charge is -2.28. The van der Waals surface area contributed by atoms with Gasteiger partial charge in [-0.25, -0.2) is 0 Å². The van der Waals surface area contributed by atoms with Gasteiger partial charge >= 0.3 is 0 Å². The molecule has 0 atom stereocenters. The lowest BCUT2D eigenvalue weighted by atomic mass is 9.99. The number of fused-ring (bicyclic) bond motifs is 2. The molecule has 2 aliphatic heterocycles. The van der Waals surface area contributed by atoms with E-state index in [4.69, 9.17) is 9.47 Å². The fraction of sp³-hybridized carbons (Fsp3) is 0.294. The number of aromatic hydroxyl groups is 1. The number of rotatable bonds is 2. The molecule has 2 aromatic rings. The first kappa shape index (κ1) is 12.5. The lowest BCUT2D eigenvalue weighted by Crippen LogP contribution is -2.29. The van der Waals surface area contributed by atoms with Crippen molar-refractivity contribution in [1.29, 1.82) is 0 Å². The molecule has 108 valence electrons. The molecule has 0 unspecified atom stereocenters. The van der Waals surface area contributed by atoms with Gasteiger partial charge < -0.3 is 14.6 Å². The summed E-state index contributed by atoms with van der Waals surface area (Å²) >= 11 is 0. The molecule has 1 N–H and O–H groups in total. The van der Waals surface area contributed by atoms with Crippen molar-refractivity contribution in [3.8, 4) is 17.2 Å². The molecule has 0 fully saturated rings. The van der Waals surface area contributed by atoms with Gasteiger partial charge in [-0.05, 0) is 47.4 Å². The average molecular weight is 283 g/mol. The van der Waals surface area contributed by atoms with Gasteiger partial charge in [0.2, 0.25) is 6.79 Å². The largest absolute Gasteiger partial charge is 0.508 e. The molecule has 4 rings (SSSR count). The van der Waals surface area contributed by atoms with Crippen molar-refractivity contribution in [3.05, 3.63) is 53.1 Å². The van der Waals surface area contributed by atoms with Gasteiger partial charge in [-0.3, -0.25) is 4.90 Å². The van der Waals surface area contributed by atoms with Gasteiger partial charge in [-0.1, -0.05) is 12.1 Å². The van der Waals surface area contributed by atoms with E-state index in [9.17, 15) is 5.11 Å². The quantitative estimate of drug-likeness (QED) is 0.920. The molecule has 0 saturated heterocycles. The van der Waals surface area contributed by atoms with Gasteiger partial charge in [-0.2, -0.15) is 0 Å². The highest BCUT2D eigenvalue weighted by atomic mass is 16.7. The number of hydrogen-bond acceptors (Lipinski definition) is 4. The van der Waals surface area contributed by atoms with Crippen LogP contribution in [0.15, 0.2) is 36.4 Å². The van der Waals surface area contributed by atoms with Crippen molar-refractivity contribution >= 4 is 0 Å². The molecular weight excluding hydrogens is 266 g/mol. The number of phenolic OH excluding ortho intramolecular Hbond substituents is 1. The summed E-state index contributed by atoms with van der Waals surface area (Å²) in [6, 6.07) is 11.8. The lowest BCUT2D eigenvalue weighted by molar-refractivity contribution is 0.174. The molecule has 0 spiro atoms. The molecule has 0 aliphatic carbocycles. The number of phenols is 1. The average Bonchev–Trinajstić information content (AvgIpc) is 2.95. The third-order valence-corrected chi connectivity index (χ3v) is 4.12. The maximum atomic E-state index is 9.54. The molecular formula is C17H17NO3. The molecule has 0 bridgehead atoms. The Kier molecular flexibility index (Phi) is 2.97. The SMILES string of the molecule is Oc1ccc2c(c1)CCN(Cc1ccc3c(c1)OCO3)C2. The maximum absolute atomic E-state index is 9.54. The molecule has 2 heterocycles. The van der Waals surface area contributed by atoms with Crippen molar-refractivity contribution in [3.63, 3.8) is 0 Å².